The Morgan fingerprint density at radius 2 is 1.70 bits per heavy atom. The van der Waals surface area contributed by atoms with Gasteiger partial charge in [-0.1, -0.05) is 59.6 Å². The highest BCUT2D eigenvalue weighted by Gasteiger charge is 2.57. The summed E-state index contributed by atoms with van der Waals surface area (Å²) in [6.07, 6.45) is 2.30. The number of aromatic nitrogens is 1. The van der Waals surface area contributed by atoms with Crippen LogP contribution in [0.5, 0.6) is 0 Å². The number of carbonyl (C=O) groups is 3. The van der Waals surface area contributed by atoms with Crippen molar-refractivity contribution in [2.24, 2.45) is 0 Å². The predicted molar refractivity (Wildman–Crippen MR) is 161 cm³/mol. The van der Waals surface area contributed by atoms with Gasteiger partial charge in [0.2, 0.25) is 21.8 Å². The second-order valence-electron chi connectivity index (χ2n) is 11.1. The fourth-order valence-corrected chi connectivity index (χ4v) is 8.30. The van der Waals surface area contributed by atoms with Crippen LogP contribution in [0.15, 0.2) is 78.0 Å². The number of nitrogens with zero attached hydrogens (tertiary/aromatic N) is 5. The van der Waals surface area contributed by atoms with Crippen molar-refractivity contribution in [1.82, 2.24) is 24.0 Å². The summed E-state index contributed by atoms with van der Waals surface area (Å²) < 4.78 is 29.9. The number of hydrogen-bond acceptors (Lipinski definition) is 6. The highest BCUT2D eigenvalue weighted by atomic mass is 35.5. The molecule has 230 valence electrons. The number of piperazine rings is 1. The molecule has 1 saturated carbocycles. The number of hydrogen-bond donors (Lipinski definition) is 1. The molecule has 0 radical (unpaired) electrons. The van der Waals surface area contributed by atoms with Crippen LogP contribution in [0.2, 0.25) is 10.0 Å². The molecule has 1 aromatic heterocycles. The third kappa shape index (κ3) is 5.74. The third-order valence-electron chi connectivity index (χ3n) is 8.25. The highest BCUT2D eigenvalue weighted by molar-refractivity contribution is 7.89. The largest absolute Gasteiger partial charge is 0.465 e. The lowest BCUT2D eigenvalue weighted by molar-refractivity contribution is -0.170. The van der Waals surface area contributed by atoms with Crippen LogP contribution in [-0.2, 0) is 32.6 Å². The Morgan fingerprint density at radius 3 is 2.34 bits per heavy atom. The van der Waals surface area contributed by atoms with Crippen molar-refractivity contribution in [2.45, 2.75) is 55.0 Å². The minimum absolute atomic E-state index is 0.0539. The summed E-state index contributed by atoms with van der Waals surface area (Å²) in [6.45, 7) is -0.690. The number of pyridine rings is 1. The number of carbonyl (C=O) groups excluding carboxylic acids is 2. The summed E-state index contributed by atoms with van der Waals surface area (Å²) in [5.74, 6) is -0.951. The summed E-state index contributed by atoms with van der Waals surface area (Å²) in [5.41, 5.74) is 1.29. The first kappa shape index (κ1) is 30.3. The van der Waals surface area contributed by atoms with Crippen molar-refractivity contribution in [3.63, 3.8) is 0 Å². The van der Waals surface area contributed by atoms with Gasteiger partial charge in [0, 0.05) is 43.0 Å². The summed E-state index contributed by atoms with van der Waals surface area (Å²) in [4.78, 5) is 48.9. The summed E-state index contributed by atoms with van der Waals surface area (Å²) >= 11 is 12.5. The van der Waals surface area contributed by atoms with E-state index < -0.39 is 46.8 Å². The van der Waals surface area contributed by atoms with Gasteiger partial charge in [-0.15, -0.1) is 0 Å². The van der Waals surface area contributed by atoms with Crippen molar-refractivity contribution in [3.05, 3.63) is 94.2 Å². The number of amides is 3. The quantitative estimate of drug-likeness (QED) is 0.391. The smallest absolute Gasteiger partial charge is 0.408 e. The Morgan fingerprint density at radius 1 is 0.977 bits per heavy atom. The van der Waals surface area contributed by atoms with Gasteiger partial charge in [0.1, 0.15) is 23.1 Å². The lowest BCUT2D eigenvalue weighted by Gasteiger charge is -2.54. The molecule has 3 atom stereocenters. The molecule has 3 aliphatic rings. The Hall–Kier alpha value is -3.71. The molecule has 11 nitrogen and oxygen atoms in total. The average molecular weight is 659 g/mol. The molecule has 44 heavy (non-hydrogen) atoms. The Balaban J connectivity index is 1.48. The Kier molecular flexibility index (Phi) is 8.27. The molecule has 0 spiro atoms. The zero-order valence-electron chi connectivity index (χ0n) is 23.4. The Bertz CT molecular complexity index is 1690. The second kappa shape index (κ2) is 12.0. The lowest BCUT2D eigenvalue weighted by atomic mass is 9.97. The summed E-state index contributed by atoms with van der Waals surface area (Å²) in [6, 6.07) is 13.6. The van der Waals surface area contributed by atoms with Gasteiger partial charge in [-0.25, -0.2) is 13.2 Å². The number of sulfonamides is 1. The van der Waals surface area contributed by atoms with Crippen molar-refractivity contribution in [1.29, 1.82) is 0 Å². The van der Waals surface area contributed by atoms with E-state index in [0.29, 0.717) is 11.1 Å². The van der Waals surface area contributed by atoms with Crippen molar-refractivity contribution >= 4 is 51.1 Å². The van der Waals surface area contributed by atoms with Crippen LogP contribution in [-0.4, -0.2) is 92.8 Å². The van der Waals surface area contributed by atoms with Crippen LogP contribution in [0.25, 0.3) is 0 Å². The molecule has 2 saturated heterocycles. The third-order valence-corrected chi connectivity index (χ3v) is 10.8. The first-order chi connectivity index (χ1) is 21.1. The molecular weight excluding hydrogens is 629 g/mol. The molecule has 3 unspecified atom stereocenters. The molecule has 2 aromatic carbocycles. The Labute approximate surface area is 264 Å². The maximum absolute atomic E-state index is 14.4. The average Bonchev–Trinajstić information content (AvgIpc) is 3.84. The van der Waals surface area contributed by atoms with Crippen LogP contribution in [0.3, 0.4) is 0 Å². The van der Waals surface area contributed by atoms with Crippen LogP contribution in [0.4, 0.5) is 4.79 Å². The van der Waals surface area contributed by atoms with E-state index in [4.69, 9.17) is 23.2 Å². The molecular formula is C30H29Cl2N5O6S. The van der Waals surface area contributed by atoms with E-state index in [-0.39, 0.29) is 46.4 Å². The molecule has 6 rings (SSSR count). The van der Waals surface area contributed by atoms with Crippen LogP contribution in [0, 0.1) is 0 Å². The van der Waals surface area contributed by atoms with Gasteiger partial charge in [-0.05, 0) is 48.2 Å². The topological polar surface area (TPSA) is 131 Å². The van der Waals surface area contributed by atoms with Crippen molar-refractivity contribution in [3.8, 4) is 0 Å². The molecule has 14 heteroatoms. The van der Waals surface area contributed by atoms with Gasteiger partial charge < -0.3 is 14.9 Å². The van der Waals surface area contributed by atoms with Gasteiger partial charge in [0.25, 0.3) is 0 Å². The van der Waals surface area contributed by atoms with E-state index in [1.807, 2.05) is 0 Å². The number of benzene rings is 2. The predicted octanol–water partition coefficient (Wildman–Crippen LogP) is 3.71. The lowest BCUT2D eigenvalue weighted by Crippen LogP contribution is -2.76. The SMILES string of the molecule is O=C1C(Cc2cccnc2)N2C(=O)C(N(Cc3ccccc3)C(=O)O)CN(S(=O)(=O)c3ccc(Cl)cc3Cl)C2CN1C1CC1. The van der Waals surface area contributed by atoms with Gasteiger partial charge in [0.15, 0.2) is 0 Å². The normalized spacial score (nSPS) is 22.5. The van der Waals surface area contributed by atoms with E-state index >= 15 is 0 Å². The first-order valence-electron chi connectivity index (χ1n) is 14.1. The molecule has 2 aliphatic heterocycles. The van der Waals surface area contributed by atoms with Gasteiger partial charge >= 0.3 is 6.09 Å². The van der Waals surface area contributed by atoms with Gasteiger partial charge in [-0.3, -0.25) is 19.5 Å². The van der Waals surface area contributed by atoms with Crippen LogP contribution in [0.1, 0.15) is 24.0 Å². The van der Waals surface area contributed by atoms with E-state index in [9.17, 15) is 27.9 Å². The maximum Gasteiger partial charge on any atom is 0.408 e. The van der Waals surface area contributed by atoms with E-state index in [0.717, 1.165) is 22.0 Å². The van der Waals surface area contributed by atoms with Crippen molar-refractivity contribution < 1.29 is 27.9 Å². The molecule has 3 heterocycles. The van der Waals surface area contributed by atoms with Gasteiger partial charge in [0.05, 0.1) is 11.6 Å². The van der Waals surface area contributed by atoms with E-state index in [1.165, 1.54) is 23.1 Å². The molecule has 3 fully saturated rings. The number of rotatable bonds is 8. The second-order valence-corrected chi connectivity index (χ2v) is 13.8. The van der Waals surface area contributed by atoms with Crippen LogP contribution < -0.4 is 0 Å². The zero-order chi connectivity index (χ0) is 31.2. The number of halogens is 2. The van der Waals surface area contributed by atoms with E-state index in [1.54, 1.807) is 59.8 Å². The highest BCUT2D eigenvalue weighted by Crippen LogP contribution is 2.38. The zero-order valence-corrected chi connectivity index (χ0v) is 25.7. The summed E-state index contributed by atoms with van der Waals surface area (Å²) in [5, 5.41) is 10.4. The summed E-state index contributed by atoms with van der Waals surface area (Å²) in [7, 11) is -4.43. The molecule has 3 aromatic rings. The maximum atomic E-state index is 14.4. The minimum atomic E-state index is -4.43. The van der Waals surface area contributed by atoms with Crippen molar-refractivity contribution in [2.75, 3.05) is 13.1 Å². The molecule has 1 N–H and O–H groups in total. The standard InChI is InChI=1S/C30H29Cl2N5O6S/c31-21-8-11-26(23(32)14-21)44(42,43)36-17-25(35(30(40)41)16-19-5-2-1-3-6-19)29(39)37-24(13-20-7-4-12-33-15-20)28(38)34(18-27(36)37)22-9-10-22/h1-8,11-12,14-15,22,24-25,27H,9-10,13,16-18H2,(H,40,41). The fourth-order valence-electron chi connectivity index (χ4n) is 5.98. The number of fused-ring (bicyclic) bond motifs is 1. The van der Waals surface area contributed by atoms with E-state index in [2.05, 4.69) is 4.98 Å². The van der Waals surface area contributed by atoms with Crippen LogP contribution >= 0.6 is 23.2 Å². The monoisotopic (exact) mass is 657 g/mol. The molecule has 3 amide bonds. The molecule has 1 aliphatic carbocycles. The number of carboxylic acid groups (broad SMARTS) is 1. The fraction of sp³-hybridized carbons (Fsp3) is 0.333. The van der Waals surface area contributed by atoms with Gasteiger partial charge in [-0.2, -0.15) is 4.31 Å². The molecule has 0 bridgehead atoms. The minimum Gasteiger partial charge on any atom is -0.465 e. The first-order valence-corrected chi connectivity index (χ1v) is 16.3.